The van der Waals surface area contributed by atoms with Crippen LogP contribution in [0.5, 0.6) is 0 Å². The van der Waals surface area contributed by atoms with Gasteiger partial charge < -0.3 is 15.0 Å². The standard InChI is InChI=1S/C14H20BrN3O/c1-17(8-9-19)14-10-13(15)3-2-12(14)11-18-6-4-16-5-7-18/h2-3,9-10,16H,4-8,11H2,1H3. The molecule has 0 amide bonds. The van der Waals surface area contributed by atoms with Crippen molar-refractivity contribution in [1.29, 1.82) is 0 Å². The summed E-state index contributed by atoms with van der Waals surface area (Å²) in [5, 5.41) is 3.36. The van der Waals surface area contributed by atoms with E-state index >= 15 is 0 Å². The normalized spacial score (nSPS) is 16.3. The maximum atomic E-state index is 10.7. The lowest BCUT2D eigenvalue weighted by Crippen LogP contribution is -2.43. The van der Waals surface area contributed by atoms with Crippen LogP contribution in [0, 0.1) is 0 Å². The summed E-state index contributed by atoms with van der Waals surface area (Å²) in [7, 11) is 1.96. The Bertz CT molecular complexity index is 433. The van der Waals surface area contributed by atoms with Gasteiger partial charge in [-0.1, -0.05) is 22.0 Å². The minimum absolute atomic E-state index is 0.422. The van der Waals surface area contributed by atoms with Gasteiger partial charge in [0.1, 0.15) is 6.29 Å². The first-order valence-corrected chi connectivity index (χ1v) is 7.36. The number of carbonyl (C=O) groups is 1. The van der Waals surface area contributed by atoms with Gasteiger partial charge in [0.15, 0.2) is 0 Å². The maximum Gasteiger partial charge on any atom is 0.139 e. The number of halogens is 1. The molecule has 0 aromatic heterocycles. The average Bonchev–Trinajstić information content (AvgIpc) is 2.42. The van der Waals surface area contributed by atoms with Gasteiger partial charge in [0.2, 0.25) is 0 Å². The molecule has 0 bridgehead atoms. The molecule has 0 radical (unpaired) electrons. The smallest absolute Gasteiger partial charge is 0.139 e. The second-order valence-electron chi connectivity index (χ2n) is 4.85. The van der Waals surface area contributed by atoms with E-state index in [9.17, 15) is 4.79 Å². The van der Waals surface area contributed by atoms with E-state index in [2.05, 4.69) is 44.3 Å². The molecule has 1 N–H and O–H groups in total. The van der Waals surface area contributed by atoms with Crippen LogP contribution in [-0.4, -0.2) is 51.0 Å². The van der Waals surface area contributed by atoms with E-state index in [-0.39, 0.29) is 0 Å². The molecule has 1 fully saturated rings. The Morgan fingerprint density at radius 1 is 1.42 bits per heavy atom. The van der Waals surface area contributed by atoms with Gasteiger partial charge in [-0.15, -0.1) is 0 Å². The Morgan fingerprint density at radius 3 is 2.84 bits per heavy atom. The lowest BCUT2D eigenvalue weighted by atomic mass is 10.1. The molecule has 1 aromatic carbocycles. The van der Waals surface area contributed by atoms with Crippen molar-refractivity contribution in [2.45, 2.75) is 6.54 Å². The fraction of sp³-hybridized carbons (Fsp3) is 0.500. The lowest BCUT2D eigenvalue weighted by molar-refractivity contribution is -0.106. The summed E-state index contributed by atoms with van der Waals surface area (Å²) >= 11 is 3.50. The second kappa shape index (κ2) is 7.03. The van der Waals surface area contributed by atoms with Crippen LogP contribution in [0.2, 0.25) is 0 Å². The number of anilines is 1. The first-order chi connectivity index (χ1) is 9.20. The highest BCUT2D eigenvalue weighted by Crippen LogP contribution is 2.25. The summed E-state index contributed by atoms with van der Waals surface area (Å²) in [6, 6.07) is 6.29. The predicted molar refractivity (Wildman–Crippen MR) is 81.6 cm³/mol. The van der Waals surface area contributed by atoms with E-state index < -0.39 is 0 Å². The molecule has 1 aliphatic heterocycles. The second-order valence-corrected chi connectivity index (χ2v) is 5.76. The van der Waals surface area contributed by atoms with Crippen LogP contribution in [0.25, 0.3) is 0 Å². The van der Waals surface area contributed by atoms with Crippen LogP contribution >= 0.6 is 15.9 Å². The van der Waals surface area contributed by atoms with Gasteiger partial charge in [-0.25, -0.2) is 0 Å². The van der Waals surface area contributed by atoms with Crippen molar-refractivity contribution in [2.24, 2.45) is 0 Å². The fourth-order valence-corrected chi connectivity index (χ4v) is 2.70. The van der Waals surface area contributed by atoms with Crippen molar-refractivity contribution in [3.63, 3.8) is 0 Å². The summed E-state index contributed by atoms with van der Waals surface area (Å²) < 4.78 is 1.05. The molecule has 1 aromatic rings. The molecule has 2 rings (SSSR count). The van der Waals surface area contributed by atoms with Gasteiger partial charge in [-0.2, -0.15) is 0 Å². The quantitative estimate of drug-likeness (QED) is 0.832. The summed E-state index contributed by atoms with van der Waals surface area (Å²) in [6.45, 7) is 5.62. The van der Waals surface area contributed by atoms with Crippen LogP contribution in [0.15, 0.2) is 22.7 Å². The first-order valence-electron chi connectivity index (χ1n) is 6.57. The third-order valence-electron chi connectivity index (χ3n) is 3.41. The van der Waals surface area contributed by atoms with Crippen molar-refractivity contribution in [3.8, 4) is 0 Å². The number of rotatable bonds is 5. The topological polar surface area (TPSA) is 35.6 Å². The minimum atomic E-state index is 0.422. The molecule has 0 aliphatic carbocycles. The highest BCUT2D eigenvalue weighted by Gasteiger charge is 2.14. The van der Waals surface area contributed by atoms with Gasteiger partial charge in [0, 0.05) is 49.9 Å². The third kappa shape index (κ3) is 4.03. The molecule has 104 valence electrons. The Balaban J connectivity index is 2.15. The molecule has 0 unspecified atom stereocenters. The summed E-state index contributed by atoms with van der Waals surface area (Å²) in [4.78, 5) is 15.1. The van der Waals surface area contributed by atoms with Gasteiger partial charge in [0.25, 0.3) is 0 Å². The number of nitrogens with zero attached hydrogens (tertiary/aromatic N) is 2. The highest BCUT2D eigenvalue weighted by atomic mass is 79.9. The van der Waals surface area contributed by atoms with Crippen LogP contribution in [0.1, 0.15) is 5.56 Å². The van der Waals surface area contributed by atoms with Gasteiger partial charge in [-0.3, -0.25) is 4.90 Å². The number of benzene rings is 1. The Kier molecular flexibility index (Phi) is 5.36. The van der Waals surface area contributed by atoms with Gasteiger partial charge >= 0.3 is 0 Å². The van der Waals surface area contributed by atoms with E-state index in [1.807, 2.05) is 11.9 Å². The number of piperazine rings is 1. The SMILES string of the molecule is CN(CC=O)c1cc(Br)ccc1CN1CCNCC1. The van der Waals surface area contributed by atoms with Crippen molar-refractivity contribution >= 4 is 27.9 Å². The highest BCUT2D eigenvalue weighted by molar-refractivity contribution is 9.10. The number of hydrogen-bond acceptors (Lipinski definition) is 4. The van der Waals surface area contributed by atoms with Crippen LogP contribution in [0.3, 0.4) is 0 Å². The Morgan fingerprint density at radius 2 is 2.16 bits per heavy atom. The monoisotopic (exact) mass is 325 g/mol. The van der Waals surface area contributed by atoms with Crippen molar-refractivity contribution in [1.82, 2.24) is 10.2 Å². The number of nitrogens with one attached hydrogen (secondary N) is 1. The molecule has 0 spiro atoms. The Hall–Kier alpha value is -0.910. The molecule has 0 atom stereocenters. The van der Waals surface area contributed by atoms with E-state index in [1.165, 1.54) is 5.56 Å². The maximum absolute atomic E-state index is 10.7. The molecule has 19 heavy (non-hydrogen) atoms. The zero-order valence-electron chi connectivity index (χ0n) is 11.2. The van der Waals surface area contributed by atoms with Crippen molar-refractivity contribution in [2.75, 3.05) is 44.7 Å². The zero-order chi connectivity index (χ0) is 13.7. The first kappa shape index (κ1) is 14.5. The van der Waals surface area contributed by atoms with E-state index in [1.54, 1.807) is 0 Å². The molecule has 5 heteroatoms. The lowest BCUT2D eigenvalue weighted by Gasteiger charge is -2.29. The van der Waals surface area contributed by atoms with E-state index in [0.29, 0.717) is 6.54 Å². The fourth-order valence-electron chi connectivity index (χ4n) is 2.35. The summed E-state index contributed by atoms with van der Waals surface area (Å²) in [5.74, 6) is 0. The predicted octanol–water partition coefficient (Wildman–Crippen LogP) is 1.49. The zero-order valence-corrected chi connectivity index (χ0v) is 12.8. The number of hydrogen-bond donors (Lipinski definition) is 1. The summed E-state index contributed by atoms with van der Waals surface area (Å²) in [5.41, 5.74) is 2.40. The Labute approximate surface area is 122 Å². The minimum Gasteiger partial charge on any atom is -0.367 e. The number of carbonyl (C=O) groups excluding carboxylic acids is 1. The molecule has 1 aliphatic rings. The molecule has 0 saturated carbocycles. The number of likely N-dealkylation sites (N-methyl/N-ethyl adjacent to an activating group) is 1. The van der Waals surface area contributed by atoms with Crippen LogP contribution in [-0.2, 0) is 11.3 Å². The largest absolute Gasteiger partial charge is 0.367 e. The van der Waals surface area contributed by atoms with Crippen LogP contribution in [0.4, 0.5) is 5.69 Å². The third-order valence-corrected chi connectivity index (χ3v) is 3.90. The van der Waals surface area contributed by atoms with Crippen molar-refractivity contribution < 1.29 is 4.79 Å². The molecule has 1 saturated heterocycles. The average molecular weight is 326 g/mol. The molecule has 1 heterocycles. The van der Waals surface area contributed by atoms with E-state index in [4.69, 9.17) is 0 Å². The van der Waals surface area contributed by atoms with E-state index in [0.717, 1.165) is 49.2 Å². The molecule has 4 nitrogen and oxygen atoms in total. The van der Waals surface area contributed by atoms with Crippen molar-refractivity contribution in [3.05, 3.63) is 28.2 Å². The number of aldehydes is 1. The van der Waals surface area contributed by atoms with Crippen LogP contribution < -0.4 is 10.2 Å². The van der Waals surface area contributed by atoms with Gasteiger partial charge in [-0.05, 0) is 17.7 Å². The molecular weight excluding hydrogens is 306 g/mol. The van der Waals surface area contributed by atoms with Gasteiger partial charge in [0.05, 0.1) is 6.54 Å². The molecular formula is C14H20BrN3O. The summed E-state index contributed by atoms with van der Waals surface area (Å²) in [6.07, 6.45) is 0.940.